The quantitative estimate of drug-likeness (QED) is 0.730. The highest BCUT2D eigenvalue weighted by Gasteiger charge is 2.10. The molecule has 3 rings (SSSR count). The van der Waals surface area contributed by atoms with E-state index < -0.39 is 0 Å². The van der Waals surface area contributed by atoms with Crippen molar-refractivity contribution in [2.45, 2.75) is 6.92 Å². The van der Waals surface area contributed by atoms with Crippen molar-refractivity contribution in [1.82, 2.24) is 19.6 Å². The number of pyridine rings is 1. The van der Waals surface area contributed by atoms with Gasteiger partial charge in [0, 0.05) is 24.2 Å². The van der Waals surface area contributed by atoms with Gasteiger partial charge in [0.2, 0.25) is 4.96 Å². The summed E-state index contributed by atoms with van der Waals surface area (Å²) in [6.07, 6.45) is 5.14. The number of nitrogens with zero attached hydrogens (tertiary/aromatic N) is 4. The second-order valence-electron chi connectivity index (χ2n) is 4.12. The predicted octanol–water partition coefficient (Wildman–Crippen LogP) is 2.59. The maximum atomic E-state index is 11.8. The van der Waals surface area contributed by atoms with Crippen LogP contribution < -0.4 is 5.56 Å². The van der Waals surface area contributed by atoms with Gasteiger partial charge in [-0.2, -0.15) is 9.61 Å². The second-order valence-corrected chi connectivity index (χ2v) is 5.48. The largest absolute Gasteiger partial charge is 0.275 e. The van der Waals surface area contributed by atoms with Gasteiger partial charge in [0.25, 0.3) is 5.56 Å². The molecule has 3 aromatic rings. The Morgan fingerprint density at radius 3 is 3.10 bits per heavy atom. The van der Waals surface area contributed by atoms with Gasteiger partial charge in [0.15, 0.2) is 5.01 Å². The molecule has 0 fully saturated rings. The zero-order chi connectivity index (χ0) is 14.1. The lowest BCUT2D eigenvalue weighted by molar-refractivity contribution is 0.885. The number of aryl methyl sites for hydroxylation is 1. The van der Waals surface area contributed by atoms with Crippen molar-refractivity contribution in [1.29, 1.82) is 0 Å². The molecule has 100 valence electrons. The first-order valence-electron chi connectivity index (χ1n) is 5.78. The molecule has 0 saturated carbocycles. The average molecular weight is 305 g/mol. The Hall–Kier alpha value is -2.05. The van der Waals surface area contributed by atoms with Gasteiger partial charge in [0.05, 0.1) is 5.03 Å². The van der Waals surface area contributed by atoms with E-state index in [9.17, 15) is 4.79 Å². The minimum atomic E-state index is -0.208. The van der Waals surface area contributed by atoms with Crippen molar-refractivity contribution in [3.8, 4) is 0 Å². The third kappa shape index (κ3) is 2.48. The molecule has 5 nitrogen and oxygen atoms in total. The van der Waals surface area contributed by atoms with E-state index in [4.69, 9.17) is 11.6 Å². The molecule has 0 saturated heterocycles. The number of halogens is 1. The molecule has 0 aliphatic heterocycles. The number of hydrogen-bond acceptors (Lipinski definition) is 5. The summed E-state index contributed by atoms with van der Waals surface area (Å²) in [4.78, 5) is 20.6. The molecule has 0 radical (unpaired) electrons. The number of fused-ring (bicyclic) bond motifs is 1. The summed E-state index contributed by atoms with van der Waals surface area (Å²) in [5.74, 6) is 0. The molecule has 0 spiro atoms. The fraction of sp³-hybridized carbons (Fsp3) is 0.0769. The lowest BCUT2D eigenvalue weighted by Gasteiger charge is -1.93. The van der Waals surface area contributed by atoms with Crippen molar-refractivity contribution < 1.29 is 0 Å². The molecular weight excluding hydrogens is 296 g/mol. The lowest BCUT2D eigenvalue weighted by atomic mass is 10.2. The van der Waals surface area contributed by atoms with E-state index in [0.29, 0.717) is 20.7 Å². The maximum Gasteiger partial charge on any atom is 0.275 e. The van der Waals surface area contributed by atoms with Gasteiger partial charge < -0.3 is 0 Å². The fourth-order valence-corrected chi connectivity index (χ4v) is 2.82. The minimum Gasteiger partial charge on any atom is -0.267 e. The van der Waals surface area contributed by atoms with Crippen molar-refractivity contribution >= 4 is 39.0 Å². The smallest absolute Gasteiger partial charge is 0.267 e. The van der Waals surface area contributed by atoms with E-state index >= 15 is 0 Å². The van der Waals surface area contributed by atoms with Gasteiger partial charge in [-0.05, 0) is 24.6 Å². The monoisotopic (exact) mass is 304 g/mol. The van der Waals surface area contributed by atoms with Crippen LogP contribution >= 0.6 is 22.9 Å². The Balaban J connectivity index is 2.09. The van der Waals surface area contributed by atoms with Crippen LogP contribution in [0, 0.1) is 6.92 Å². The molecule has 0 bridgehead atoms. The van der Waals surface area contributed by atoms with Gasteiger partial charge in [0.1, 0.15) is 0 Å². The molecule has 3 aromatic heterocycles. The molecule has 0 atom stereocenters. The van der Waals surface area contributed by atoms with Crippen LogP contribution in [0.5, 0.6) is 0 Å². The average Bonchev–Trinajstić information content (AvgIpc) is 2.84. The van der Waals surface area contributed by atoms with E-state index in [-0.39, 0.29) is 5.56 Å². The van der Waals surface area contributed by atoms with E-state index in [1.54, 1.807) is 25.4 Å². The SMILES string of the molecule is Cc1cc(=O)n2nc(/C(Cl)=C/c3cccnc3)sc2n1. The van der Waals surface area contributed by atoms with Crippen molar-refractivity contribution in [2.24, 2.45) is 0 Å². The summed E-state index contributed by atoms with van der Waals surface area (Å²) < 4.78 is 1.26. The Morgan fingerprint density at radius 1 is 1.50 bits per heavy atom. The molecule has 7 heteroatoms. The van der Waals surface area contributed by atoms with Crippen LogP contribution in [0.25, 0.3) is 16.1 Å². The second kappa shape index (κ2) is 5.15. The van der Waals surface area contributed by atoms with E-state index in [2.05, 4.69) is 15.1 Å². The molecule has 0 N–H and O–H groups in total. The molecule has 0 aliphatic rings. The van der Waals surface area contributed by atoms with Crippen LogP contribution in [0.4, 0.5) is 0 Å². The third-order valence-electron chi connectivity index (χ3n) is 2.56. The van der Waals surface area contributed by atoms with Gasteiger partial charge in [-0.15, -0.1) is 0 Å². The lowest BCUT2D eigenvalue weighted by Crippen LogP contribution is -2.14. The highest BCUT2D eigenvalue weighted by Crippen LogP contribution is 2.25. The van der Waals surface area contributed by atoms with Gasteiger partial charge in [-0.1, -0.05) is 29.0 Å². The standard InChI is InChI=1S/C13H9ClN4OS/c1-8-5-11(19)18-13(16-8)20-12(17-18)10(14)6-9-3-2-4-15-7-9/h2-7H,1H3/b10-6-. The van der Waals surface area contributed by atoms with Crippen LogP contribution in [0.15, 0.2) is 35.4 Å². The molecule has 0 amide bonds. The van der Waals surface area contributed by atoms with Crippen LogP contribution in [0.3, 0.4) is 0 Å². The molecule has 0 unspecified atom stereocenters. The van der Waals surface area contributed by atoms with Gasteiger partial charge in [-0.25, -0.2) is 4.98 Å². The minimum absolute atomic E-state index is 0.208. The van der Waals surface area contributed by atoms with Gasteiger partial charge in [-0.3, -0.25) is 9.78 Å². The Kier molecular flexibility index (Phi) is 3.33. The molecule has 20 heavy (non-hydrogen) atoms. The number of rotatable bonds is 2. The third-order valence-corrected chi connectivity index (χ3v) is 3.90. The highest BCUT2D eigenvalue weighted by molar-refractivity contribution is 7.18. The first-order valence-corrected chi connectivity index (χ1v) is 6.98. The van der Waals surface area contributed by atoms with Crippen molar-refractivity contribution in [3.05, 3.63) is 57.2 Å². The summed E-state index contributed by atoms with van der Waals surface area (Å²) in [6.45, 7) is 1.77. The zero-order valence-electron chi connectivity index (χ0n) is 10.4. The van der Waals surface area contributed by atoms with Crippen molar-refractivity contribution in [3.63, 3.8) is 0 Å². The summed E-state index contributed by atoms with van der Waals surface area (Å²) in [5.41, 5.74) is 1.33. The Bertz CT molecular complexity index is 854. The Morgan fingerprint density at radius 2 is 2.35 bits per heavy atom. The number of aromatic nitrogens is 4. The first-order chi connectivity index (χ1) is 9.63. The van der Waals surface area contributed by atoms with E-state index in [1.165, 1.54) is 21.9 Å². The summed E-state index contributed by atoms with van der Waals surface area (Å²) in [6, 6.07) is 5.15. The van der Waals surface area contributed by atoms with Crippen LogP contribution in [-0.2, 0) is 0 Å². The molecule has 0 aromatic carbocycles. The topological polar surface area (TPSA) is 60.2 Å². The highest BCUT2D eigenvalue weighted by atomic mass is 35.5. The normalized spacial score (nSPS) is 12.0. The fourth-order valence-electron chi connectivity index (χ4n) is 1.69. The summed E-state index contributed by atoms with van der Waals surface area (Å²) in [5, 5.41) is 5.19. The summed E-state index contributed by atoms with van der Waals surface area (Å²) >= 11 is 7.52. The van der Waals surface area contributed by atoms with Crippen LogP contribution in [0.2, 0.25) is 0 Å². The molecule has 3 heterocycles. The number of hydrogen-bond donors (Lipinski definition) is 0. The van der Waals surface area contributed by atoms with E-state index in [0.717, 1.165) is 5.56 Å². The Labute approximate surface area is 123 Å². The van der Waals surface area contributed by atoms with Gasteiger partial charge >= 0.3 is 0 Å². The molecule has 0 aliphatic carbocycles. The van der Waals surface area contributed by atoms with E-state index in [1.807, 2.05) is 12.1 Å². The first kappa shape index (κ1) is 13.0. The predicted molar refractivity (Wildman–Crippen MR) is 79.8 cm³/mol. The zero-order valence-corrected chi connectivity index (χ0v) is 12.0. The van der Waals surface area contributed by atoms with Crippen LogP contribution in [0.1, 0.15) is 16.3 Å². The van der Waals surface area contributed by atoms with Crippen molar-refractivity contribution in [2.75, 3.05) is 0 Å². The van der Waals surface area contributed by atoms with Crippen LogP contribution in [-0.4, -0.2) is 19.6 Å². The molecular formula is C13H9ClN4OS. The maximum absolute atomic E-state index is 11.8. The summed E-state index contributed by atoms with van der Waals surface area (Å²) in [7, 11) is 0.